The summed E-state index contributed by atoms with van der Waals surface area (Å²) < 4.78 is 33.2. The first kappa shape index (κ1) is 18.5. The Morgan fingerprint density at radius 3 is 2.38 bits per heavy atom. The Morgan fingerprint density at radius 2 is 1.77 bits per heavy atom. The molecule has 1 saturated carbocycles. The maximum atomic E-state index is 12.5. The van der Waals surface area contributed by atoms with Crippen molar-refractivity contribution in [2.24, 2.45) is 0 Å². The largest absolute Gasteiger partial charge is 0.490 e. The highest BCUT2D eigenvalue weighted by molar-refractivity contribution is 7.92. The Morgan fingerprint density at radius 1 is 1.12 bits per heavy atom. The zero-order chi connectivity index (χ0) is 18.7. The zero-order valence-corrected chi connectivity index (χ0v) is 15.4. The lowest BCUT2D eigenvalue weighted by Gasteiger charge is -2.14. The van der Waals surface area contributed by atoms with E-state index in [2.05, 4.69) is 4.72 Å². The highest BCUT2D eigenvalue weighted by atomic mass is 35.5. The Balaban J connectivity index is 1.74. The first-order valence-electron chi connectivity index (χ1n) is 8.17. The number of nitrogens with one attached hydrogen (secondary N) is 1. The lowest BCUT2D eigenvalue weighted by Crippen LogP contribution is -2.14. The molecule has 0 amide bonds. The molecule has 0 atom stereocenters. The van der Waals surface area contributed by atoms with E-state index in [1.165, 1.54) is 25.0 Å². The molecule has 6 nitrogen and oxygen atoms in total. The van der Waals surface area contributed by atoms with Crippen LogP contribution >= 0.6 is 11.6 Å². The van der Waals surface area contributed by atoms with Crippen LogP contribution in [-0.4, -0.2) is 25.6 Å². The lowest BCUT2D eigenvalue weighted by molar-refractivity contribution is 0.0697. The fourth-order valence-electron chi connectivity index (χ4n) is 2.85. The minimum atomic E-state index is -3.93. The second kappa shape index (κ2) is 7.55. The molecular weight excluding hydrogens is 378 g/mol. The molecule has 138 valence electrons. The number of sulfonamides is 1. The van der Waals surface area contributed by atoms with Gasteiger partial charge >= 0.3 is 5.97 Å². The van der Waals surface area contributed by atoms with Crippen LogP contribution in [0.2, 0.25) is 5.02 Å². The third kappa shape index (κ3) is 4.28. The first-order valence-corrected chi connectivity index (χ1v) is 10.0. The highest BCUT2D eigenvalue weighted by Crippen LogP contribution is 2.26. The Labute approximate surface area is 156 Å². The second-order valence-corrected chi connectivity index (χ2v) is 8.19. The van der Waals surface area contributed by atoms with Gasteiger partial charge in [-0.3, -0.25) is 4.72 Å². The Bertz CT molecular complexity index is 906. The number of aromatic carboxylic acids is 1. The van der Waals surface area contributed by atoms with Crippen molar-refractivity contribution in [3.8, 4) is 5.75 Å². The van der Waals surface area contributed by atoms with Crippen LogP contribution in [0.1, 0.15) is 36.0 Å². The number of benzene rings is 2. The van der Waals surface area contributed by atoms with Gasteiger partial charge in [-0.2, -0.15) is 0 Å². The molecule has 0 radical (unpaired) electrons. The van der Waals surface area contributed by atoms with Gasteiger partial charge in [0.15, 0.2) is 0 Å². The SMILES string of the molecule is O=C(O)c1cc(S(=O)(=O)Nc2ccc(OC3CCCC3)cc2)ccc1Cl. The molecule has 0 bridgehead atoms. The maximum Gasteiger partial charge on any atom is 0.337 e. The summed E-state index contributed by atoms with van der Waals surface area (Å²) in [6.45, 7) is 0. The second-order valence-electron chi connectivity index (χ2n) is 6.10. The molecule has 3 rings (SSSR count). The molecule has 0 spiro atoms. The fourth-order valence-corrected chi connectivity index (χ4v) is 4.13. The number of hydrogen-bond donors (Lipinski definition) is 2. The summed E-state index contributed by atoms with van der Waals surface area (Å²) >= 11 is 5.78. The molecule has 0 aliphatic heterocycles. The summed E-state index contributed by atoms with van der Waals surface area (Å²) in [5.74, 6) is -0.597. The van der Waals surface area contributed by atoms with Crippen LogP contribution in [0.4, 0.5) is 5.69 Å². The monoisotopic (exact) mass is 395 g/mol. The van der Waals surface area contributed by atoms with Gasteiger partial charge in [0, 0.05) is 5.69 Å². The van der Waals surface area contributed by atoms with Crippen molar-refractivity contribution in [1.29, 1.82) is 0 Å². The van der Waals surface area contributed by atoms with Crippen molar-refractivity contribution in [3.63, 3.8) is 0 Å². The fraction of sp³-hybridized carbons (Fsp3) is 0.278. The molecule has 1 fully saturated rings. The normalized spacial score (nSPS) is 15.0. The molecule has 2 N–H and O–H groups in total. The van der Waals surface area contributed by atoms with Gasteiger partial charge in [-0.1, -0.05) is 11.6 Å². The number of rotatable bonds is 6. The van der Waals surface area contributed by atoms with E-state index in [0.717, 1.165) is 18.9 Å². The van der Waals surface area contributed by atoms with Gasteiger partial charge in [0.2, 0.25) is 0 Å². The van der Waals surface area contributed by atoms with Crippen LogP contribution in [0.15, 0.2) is 47.4 Å². The van der Waals surface area contributed by atoms with E-state index in [-0.39, 0.29) is 21.6 Å². The van der Waals surface area contributed by atoms with Crippen molar-refractivity contribution in [2.45, 2.75) is 36.7 Å². The predicted molar refractivity (Wildman–Crippen MR) is 98.5 cm³/mol. The van der Waals surface area contributed by atoms with Crippen LogP contribution in [0.25, 0.3) is 0 Å². The summed E-state index contributed by atoms with van der Waals surface area (Å²) in [5, 5.41) is 9.06. The smallest absolute Gasteiger partial charge is 0.337 e. The average molecular weight is 396 g/mol. The van der Waals surface area contributed by atoms with Crippen LogP contribution < -0.4 is 9.46 Å². The van der Waals surface area contributed by atoms with Crippen LogP contribution in [0.3, 0.4) is 0 Å². The van der Waals surface area contributed by atoms with E-state index >= 15 is 0 Å². The summed E-state index contributed by atoms with van der Waals surface area (Å²) in [6.07, 6.45) is 4.64. The molecule has 1 aliphatic rings. The van der Waals surface area contributed by atoms with E-state index in [4.69, 9.17) is 21.4 Å². The summed E-state index contributed by atoms with van der Waals surface area (Å²) in [6, 6.07) is 10.2. The predicted octanol–water partition coefficient (Wildman–Crippen LogP) is 4.16. The van der Waals surface area contributed by atoms with Gasteiger partial charge in [-0.15, -0.1) is 0 Å². The average Bonchev–Trinajstić information content (AvgIpc) is 3.09. The van der Waals surface area contributed by atoms with E-state index in [0.29, 0.717) is 11.4 Å². The number of carboxylic acids is 1. The van der Waals surface area contributed by atoms with E-state index < -0.39 is 16.0 Å². The third-order valence-corrected chi connectivity index (χ3v) is 5.90. The number of carboxylic acid groups (broad SMARTS) is 1. The number of anilines is 1. The minimum absolute atomic E-state index is 0.0233. The molecule has 0 unspecified atom stereocenters. The first-order chi connectivity index (χ1) is 12.3. The van der Waals surface area contributed by atoms with Gasteiger partial charge < -0.3 is 9.84 Å². The van der Waals surface area contributed by atoms with Crippen LogP contribution in [0, 0.1) is 0 Å². The molecule has 1 aliphatic carbocycles. The number of carbonyl (C=O) groups is 1. The van der Waals surface area contributed by atoms with Crippen molar-refractivity contribution in [3.05, 3.63) is 53.1 Å². The van der Waals surface area contributed by atoms with Crippen LogP contribution in [0.5, 0.6) is 5.75 Å². The molecule has 0 heterocycles. The standard InChI is InChI=1S/C18H18ClNO5S/c19-17-10-9-15(11-16(17)18(21)22)26(23,24)20-12-5-7-14(8-6-12)25-13-3-1-2-4-13/h5-11,13,20H,1-4H2,(H,21,22). The topological polar surface area (TPSA) is 92.7 Å². The summed E-state index contributed by atoms with van der Waals surface area (Å²) in [7, 11) is -3.93. The highest BCUT2D eigenvalue weighted by Gasteiger charge is 2.19. The van der Waals surface area contributed by atoms with Crippen molar-refractivity contribution in [1.82, 2.24) is 0 Å². The Kier molecular flexibility index (Phi) is 5.38. The lowest BCUT2D eigenvalue weighted by atomic mass is 10.2. The quantitative estimate of drug-likeness (QED) is 0.766. The summed E-state index contributed by atoms with van der Waals surface area (Å²) in [5.41, 5.74) is 0.0884. The van der Waals surface area contributed by atoms with Gasteiger partial charge in [-0.05, 0) is 68.1 Å². The van der Waals surface area contributed by atoms with Gasteiger partial charge in [0.05, 0.1) is 21.6 Å². The van der Waals surface area contributed by atoms with Gasteiger partial charge in [0.25, 0.3) is 10.0 Å². The number of hydrogen-bond acceptors (Lipinski definition) is 4. The summed E-state index contributed by atoms with van der Waals surface area (Å²) in [4.78, 5) is 10.9. The Hall–Kier alpha value is -2.25. The minimum Gasteiger partial charge on any atom is -0.490 e. The van der Waals surface area contributed by atoms with Crippen molar-refractivity contribution in [2.75, 3.05) is 4.72 Å². The number of halogens is 1. The third-order valence-electron chi connectivity index (χ3n) is 4.19. The van der Waals surface area contributed by atoms with Crippen LogP contribution in [-0.2, 0) is 10.0 Å². The van der Waals surface area contributed by atoms with Gasteiger partial charge in [-0.25, -0.2) is 13.2 Å². The number of ether oxygens (including phenoxy) is 1. The zero-order valence-electron chi connectivity index (χ0n) is 13.8. The molecule has 8 heteroatoms. The molecule has 2 aromatic carbocycles. The maximum absolute atomic E-state index is 12.5. The van der Waals surface area contributed by atoms with Crippen molar-refractivity contribution < 1.29 is 23.1 Å². The molecule has 2 aromatic rings. The molecule has 26 heavy (non-hydrogen) atoms. The van der Waals surface area contributed by atoms with E-state index in [1.54, 1.807) is 24.3 Å². The molecule has 0 aromatic heterocycles. The van der Waals surface area contributed by atoms with Gasteiger partial charge in [0.1, 0.15) is 5.75 Å². The van der Waals surface area contributed by atoms with Crippen molar-refractivity contribution >= 4 is 33.3 Å². The van der Waals surface area contributed by atoms with E-state index in [9.17, 15) is 13.2 Å². The van der Waals surface area contributed by atoms with E-state index in [1.807, 2.05) is 0 Å². The molecular formula is C18H18ClNO5S. The molecule has 0 saturated heterocycles.